The van der Waals surface area contributed by atoms with Crippen molar-refractivity contribution < 1.29 is 19.5 Å². The van der Waals surface area contributed by atoms with Gasteiger partial charge in [0.05, 0.1) is 16.8 Å². The van der Waals surface area contributed by atoms with Crippen LogP contribution in [0.5, 0.6) is 5.75 Å². The van der Waals surface area contributed by atoms with E-state index in [-0.39, 0.29) is 64.2 Å². The number of phenols is 1. The van der Waals surface area contributed by atoms with Crippen LogP contribution >= 0.6 is 12.4 Å². The molecule has 1 amide bonds. The van der Waals surface area contributed by atoms with E-state index in [2.05, 4.69) is 10.2 Å². The Labute approximate surface area is 170 Å². The van der Waals surface area contributed by atoms with Crippen LogP contribution in [-0.2, 0) is 4.79 Å². The summed E-state index contributed by atoms with van der Waals surface area (Å²) in [6.45, 7) is 6.36. The predicted octanol–water partition coefficient (Wildman–Crippen LogP) is 3.26. The molecule has 0 atom stereocenters. The van der Waals surface area contributed by atoms with Gasteiger partial charge in [-0.25, -0.2) is 0 Å². The largest absolute Gasteiger partial charge is 0.507 e. The summed E-state index contributed by atoms with van der Waals surface area (Å²) in [5.74, 6) is -1.31. The van der Waals surface area contributed by atoms with Crippen LogP contribution in [0.15, 0.2) is 36.4 Å². The first kappa shape index (κ1) is 21.6. The molecule has 0 saturated carbocycles. The molecule has 0 bridgehead atoms. The van der Waals surface area contributed by atoms with Crippen LogP contribution in [0.4, 0.5) is 5.69 Å². The molecule has 0 aliphatic heterocycles. The average Bonchev–Trinajstić information content (AvgIpc) is 2.68. The van der Waals surface area contributed by atoms with Crippen molar-refractivity contribution in [1.29, 1.82) is 0 Å². The fourth-order valence-electron chi connectivity index (χ4n) is 3.32. The first-order chi connectivity index (χ1) is 13.0. The number of amides is 1. The average molecular weight is 403 g/mol. The Balaban J connectivity index is 0.00000280. The van der Waals surface area contributed by atoms with Gasteiger partial charge in [0.15, 0.2) is 11.6 Å². The first-order valence-corrected chi connectivity index (χ1v) is 9.04. The summed E-state index contributed by atoms with van der Waals surface area (Å²) in [6, 6.07) is 9.29. The van der Waals surface area contributed by atoms with E-state index in [0.29, 0.717) is 6.54 Å². The molecule has 2 aromatic rings. The number of phenolic OH excluding ortho intramolecular Hbond substituents is 1. The topological polar surface area (TPSA) is 86.7 Å². The second kappa shape index (κ2) is 8.99. The molecule has 7 heteroatoms. The molecule has 2 N–H and O–H groups in total. The molecule has 0 saturated heterocycles. The maximum Gasteiger partial charge on any atom is 0.225 e. The molecule has 1 aliphatic rings. The Morgan fingerprint density at radius 3 is 2.11 bits per heavy atom. The van der Waals surface area contributed by atoms with Gasteiger partial charge in [-0.15, -0.1) is 12.4 Å². The van der Waals surface area contributed by atoms with Crippen LogP contribution < -0.4 is 5.32 Å². The zero-order valence-corrected chi connectivity index (χ0v) is 16.6. The standard InChI is InChI=1S/C21H22N2O4.ClH/c1-3-23(4-2)12-11-17(25)22-15-9-10-16(24)19-18(15)20(26)13-7-5-6-8-14(13)21(19)27;/h5-10,24H,3-4,11-12H2,1-2H3,(H,22,25);1H. The Morgan fingerprint density at radius 2 is 1.54 bits per heavy atom. The van der Waals surface area contributed by atoms with E-state index in [0.717, 1.165) is 13.1 Å². The van der Waals surface area contributed by atoms with E-state index in [9.17, 15) is 19.5 Å². The zero-order valence-electron chi connectivity index (χ0n) is 15.8. The number of hydrogen-bond donors (Lipinski definition) is 2. The molecular formula is C21H23ClN2O4. The molecule has 3 rings (SSSR count). The zero-order chi connectivity index (χ0) is 19.6. The van der Waals surface area contributed by atoms with Crippen LogP contribution in [0.1, 0.15) is 52.1 Å². The van der Waals surface area contributed by atoms with Crippen molar-refractivity contribution in [3.63, 3.8) is 0 Å². The van der Waals surface area contributed by atoms with Crippen molar-refractivity contribution in [2.24, 2.45) is 0 Å². The van der Waals surface area contributed by atoms with E-state index < -0.39 is 5.78 Å². The van der Waals surface area contributed by atoms with Gasteiger partial charge in [-0.2, -0.15) is 0 Å². The van der Waals surface area contributed by atoms with E-state index in [1.165, 1.54) is 12.1 Å². The number of halogens is 1. The highest BCUT2D eigenvalue weighted by Gasteiger charge is 2.34. The highest BCUT2D eigenvalue weighted by molar-refractivity contribution is 6.31. The van der Waals surface area contributed by atoms with E-state index in [1.807, 2.05) is 13.8 Å². The summed E-state index contributed by atoms with van der Waals surface area (Å²) in [6.07, 6.45) is 0.274. The SMILES string of the molecule is CCN(CC)CCC(=O)Nc1ccc(O)c2c1C(=O)c1ccccc1C2=O.Cl. The van der Waals surface area contributed by atoms with Crippen molar-refractivity contribution in [2.75, 3.05) is 25.0 Å². The second-order valence-corrected chi connectivity index (χ2v) is 6.41. The highest BCUT2D eigenvalue weighted by atomic mass is 35.5. The van der Waals surface area contributed by atoms with Gasteiger partial charge in [0.1, 0.15) is 5.75 Å². The lowest BCUT2D eigenvalue weighted by Gasteiger charge is -2.22. The molecule has 28 heavy (non-hydrogen) atoms. The smallest absolute Gasteiger partial charge is 0.225 e. The summed E-state index contributed by atoms with van der Waals surface area (Å²) < 4.78 is 0. The summed E-state index contributed by atoms with van der Waals surface area (Å²) in [5.41, 5.74) is 0.782. The highest BCUT2D eigenvalue weighted by Crippen LogP contribution is 2.36. The maximum atomic E-state index is 12.9. The molecule has 148 valence electrons. The molecule has 0 heterocycles. The Bertz CT molecular complexity index is 923. The lowest BCUT2D eigenvalue weighted by atomic mass is 9.82. The minimum Gasteiger partial charge on any atom is -0.507 e. The molecule has 0 fully saturated rings. The van der Waals surface area contributed by atoms with E-state index in [1.54, 1.807) is 24.3 Å². The summed E-state index contributed by atoms with van der Waals surface area (Å²) in [4.78, 5) is 40.2. The number of fused-ring (bicyclic) bond motifs is 2. The molecule has 0 spiro atoms. The fraction of sp³-hybridized carbons (Fsp3) is 0.286. The Kier molecular flexibility index (Phi) is 6.94. The quantitative estimate of drug-likeness (QED) is 0.618. The number of anilines is 1. The van der Waals surface area contributed by atoms with E-state index >= 15 is 0 Å². The number of rotatable bonds is 6. The minimum atomic E-state index is -0.419. The third-order valence-electron chi connectivity index (χ3n) is 4.88. The summed E-state index contributed by atoms with van der Waals surface area (Å²) in [5, 5.41) is 12.9. The van der Waals surface area contributed by atoms with Crippen LogP contribution in [0, 0.1) is 0 Å². The lowest BCUT2D eigenvalue weighted by molar-refractivity contribution is -0.116. The van der Waals surface area contributed by atoms with Gasteiger partial charge in [0.25, 0.3) is 0 Å². The number of carbonyl (C=O) groups is 3. The molecule has 0 aromatic heterocycles. The molecule has 0 unspecified atom stereocenters. The molecule has 6 nitrogen and oxygen atoms in total. The summed E-state index contributed by atoms with van der Waals surface area (Å²) >= 11 is 0. The van der Waals surface area contributed by atoms with Gasteiger partial charge in [0.2, 0.25) is 5.91 Å². The van der Waals surface area contributed by atoms with Crippen LogP contribution in [0.3, 0.4) is 0 Å². The van der Waals surface area contributed by atoms with Gasteiger partial charge in [-0.05, 0) is 25.2 Å². The van der Waals surface area contributed by atoms with Crippen molar-refractivity contribution in [3.05, 3.63) is 58.7 Å². The number of nitrogens with zero attached hydrogens (tertiary/aromatic N) is 1. The number of aromatic hydroxyl groups is 1. The Hall–Kier alpha value is -2.70. The monoisotopic (exact) mass is 402 g/mol. The molecule has 0 radical (unpaired) electrons. The minimum absolute atomic E-state index is 0. The number of benzene rings is 2. The van der Waals surface area contributed by atoms with Crippen molar-refractivity contribution in [3.8, 4) is 5.75 Å². The van der Waals surface area contributed by atoms with Gasteiger partial charge in [-0.1, -0.05) is 38.1 Å². The second-order valence-electron chi connectivity index (χ2n) is 6.41. The number of ketones is 2. The molecule has 1 aliphatic carbocycles. The predicted molar refractivity (Wildman–Crippen MR) is 110 cm³/mol. The van der Waals surface area contributed by atoms with Gasteiger partial charge in [0, 0.05) is 24.1 Å². The lowest BCUT2D eigenvalue weighted by Crippen LogP contribution is -2.28. The van der Waals surface area contributed by atoms with Crippen LogP contribution in [-0.4, -0.2) is 47.1 Å². The Morgan fingerprint density at radius 1 is 0.964 bits per heavy atom. The van der Waals surface area contributed by atoms with Crippen LogP contribution in [0.2, 0.25) is 0 Å². The maximum absolute atomic E-state index is 12.9. The van der Waals surface area contributed by atoms with Crippen LogP contribution in [0.25, 0.3) is 0 Å². The van der Waals surface area contributed by atoms with Gasteiger partial charge >= 0.3 is 0 Å². The first-order valence-electron chi connectivity index (χ1n) is 9.04. The molecule has 2 aromatic carbocycles. The number of nitrogens with one attached hydrogen (secondary N) is 1. The fourth-order valence-corrected chi connectivity index (χ4v) is 3.32. The third-order valence-corrected chi connectivity index (χ3v) is 4.88. The van der Waals surface area contributed by atoms with Crippen molar-refractivity contribution in [1.82, 2.24) is 4.90 Å². The molecular weight excluding hydrogens is 380 g/mol. The van der Waals surface area contributed by atoms with Crippen molar-refractivity contribution >= 4 is 35.6 Å². The number of carbonyl (C=O) groups excluding carboxylic acids is 3. The van der Waals surface area contributed by atoms with Gasteiger partial charge in [-0.3, -0.25) is 14.4 Å². The number of hydrogen-bond acceptors (Lipinski definition) is 5. The van der Waals surface area contributed by atoms with E-state index in [4.69, 9.17) is 0 Å². The third kappa shape index (κ3) is 3.93. The summed E-state index contributed by atoms with van der Waals surface area (Å²) in [7, 11) is 0. The van der Waals surface area contributed by atoms with Gasteiger partial charge < -0.3 is 15.3 Å². The normalized spacial score (nSPS) is 12.2. The van der Waals surface area contributed by atoms with Crippen molar-refractivity contribution in [2.45, 2.75) is 20.3 Å².